The lowest BCUT2D eigenvalue weighted by Crippen LogP contribution is -2.22. The Balaban J connectivity index is 2.06. The van der Waals surface area contributed by atoms with Crippen LogP contribution in [0.4, 0.5) is 9.52 Å². The molecule has 1 aromatic carbocycles. The lowest BCUT2D eigenvalue weighted by molar-refractivity contribution is 0.408. The second-order valence-corrected chi connectivity index (χ2v) is 4.93. The van der Waals surface area contributed by atoms with Crippen LogP contribution in [0.1, 0.15) is 11.3 Å². The van der Waals surface area contributed by atoms with Crippen LogP contribution in [0.25, 0.3) is 0 Å². The van der Waals surface area contributed by atoms with Crippen molar-refractivity contribution in [2.45, 2.75) is 13.5 Å². The monoisotopic (exact) mass is 294 g/mol. The third-order valence-corrected chi connectivity index (χ3v) is 3.39. The molecule has 0 aliphatic rings. The van der Waals surface area contributed by atoms with E-state index in [0.29, 0.717) is 16.4 Å². The highest BCUT2D eigenvalue weighted by molar-refractivity contribution is 7.13. The van der Waals surface area contributed by atoms with Crippen molar-refractivity contribution in [2.75, 3.05) is 12.4 Å². The maximum Gasteiger partial charge on any atom is 0.195 e. The van der Waals surface area contributed by atoms with Crippen LogP contribution in [0.5, 0.6) is 5.75 Å². The van der Waals surface area contributed by atoms with Crippen molar-refractivity contribution >= 4 is 22.4 Å². The first-order chi connectivity index (χ1) is 9.58. The fourth-order valence-electron chi connectivity index (χ4n) is 1.60. The number of anilines is 1. The molecule has 0 atom stereocenters. The number of nitrogens with zero attached hydrogens (tertiary/aromatic N) is 2. The molecule has 1 heterocycles. The molecule has 5 nitrogen and oxygen atoms in total. The van der Waals surface area contributed by atoms with Gasteiger partial charge in [0.1, 0.15) is 11.6 Å². The molecule has 2 aromatic rings. The number of rotatable bonds is 4. The van der Waals surface area contributed by atoms with E-state index in [1.54, 1.807) is 6.07 Å². The molecular formula is C13H15FN4OS. The number of guanidine groups is 1. The fourth-order valence-corrected chi connectivity index (χ4v) is 2.30. The molecule has 20 heavy (non-hydrogen) atoms. The summed E-state index contributed by atoms with van der Waals surface area (Å²) in [5, 5.41) is 5.47. The van der Waals surface area contributed by atoms with Crippen molar-refractivity contribution in [3.05, 3.63) is 40.7 Å². The van der Waals surface area contributed by atoms with Gasteiger partial charge in [-0.05, 0) is 25.1 Å². The van der Waals surface area contributed by atoms with Gasteiger partial charge in [0.15, 0.2) is 11.1 Å². The average Bonchev–Trinajstić information content (AvgIpc) is 2.82. The summed E-state index contributed by atoms with van der Waals surface area (Å²) in [5.41, 5.74) is 7.31. The Morgan fingerprint density at radius 2 is 2.35 bits per heavy atom. The molecule has 106 valence electrons. The van der Waals surface area contributed by atoms with Crippen LogP contribution in [-0.4, -0.2) is 18.1 Å². The Morgan fingerprint density at radius 1 is 1.55 bits per heavy atom. The third-order valence-electron chi connectivity index (χ3n) is 2.52. The van der Waals surface area contributed by atoms with Crippen LogP contribution in [0, 0.1) is 12.7 Å². The fraction of sp³-hybridized carbons (Fsp3) is 0.231. The summed E-state index contributed by atoms with van der Waals surface area (Å²) in [6, 6.07) is 4.28. The van der Waals surface area contributed by atoms with E-state index in [0.717, 1.165) is 5.69 Å². The molecule has 1 aromatic heterocycles. The van der Waals surface area contributed by atoms with Crippen molar-refractivity contribution in [3.63, 3.8) is 0 Å². The second-order valence-electron chi connectivity index (χ2n) is 4.08. The van der Waals surface area contributed by atoms with Crippen molar-refractivity contribution in [3.8, 4) is 5.75 Å². The molecule has 0 fully saturated rings. The molecule has 0 bridgehead atoms. The molecule has 0 radical (unpaired) electrons. The van der Waals surface area contributed by atoms with Crippen molar-refractivity contribution < 1.29 is 9.13 Å². The second kappa shape index (κ2) is 6.33. The van der Waals surface area contributed by atoms with Crippen LogP contribution in [-0.2, 0) is 6.54 Å². The molecule has 0 saturated carbocycles. The van der Waals surface area contributed by atoms with Crippen molar-refractivity contribution in [1.29, 1.82) is 0 Å². The number of benzene rings is 1. The quantitative estimate of drug-likeness (QED) is 0.671. The van der Waals surface area contributed by atoms with E-state index in [2.05, 4.69) is 15.3 Å². The zero-order valence-corrected chi connectivity index (χ0v) is 12.0. The number of aliphatic imine (C=N–C) groups is 1. The minimum Gasteiger partial charge on any atom is -0.496 e. The highest BCUT2D eigenvalue weighted by Crippen LogP contribution is 2.20. The van der Waals surface area contributed by atoms with E-state index in [-0.39, 0.29) is 18.3 Å². The van der Waals surface area contributed by atoms with Crippen LogP contribution >= 0.6 is 11.3 Å². The molecule has 0 aliphatic carbocycles. The van der Waals surface area contributed by atoms with Gasteiger partial charge in [0, 0.05) is 10.9 Å². The summed E-state index contributed by atoms with van der Waals surface area (Å²) in [6.45, 7) is 2.12. The Labute approximate surface area is 120 Å². The number of hydrogen-bond donors (Lipinski definition) is 2. The standard InChI is InChI=1S/C13H15FN4OS/c1-8-7-20-13(17-8)18-12(15)16-6-9-5-10(14)3-4-11(9)19-2/h3-5,7H,6H2,1-2H3,(H3,15,16,17,18). The van der Waals surface area contributed by atoms with Gasteiger partial charge in [0.25, 0.3) is 0 Å². The number of aromatic nitrogens is 1. The normalized spacial score (nSPS) is 11.4. The Hall–Kier alpha value is -2.15. The maximum atomic E-state index is 13.2. The van der Waals surface area contributed by atoms with Gasteiger partial charge in [0.2, 0.25) is 0 Å². The summed E-state index contributed by atoms with van der Waals surface area (Å²) in [5.74, 6) is 0.469. The van der Waals surface area contributed by atoms with Gasteiger partial charge in [-0.15, -0.1) is 11.3 Å². The number of aryl methyl sites for hydroxylation is 1. The molecule has 0 spiro atoms. The number of methoxy groups -OCH3 is 1. The number of hydrogen-bond acceptors (Lipinski definition) is 4. The van der Waals surface area contributed by atoms with E-state index >= 15 is 0 Å². The summed E-state index contributed by atoms with van der Waals surface area (Å²) >= 11 is 1.44. The van der Waals surface area contributed by atoms with Gasteiger partial charge in [-0.1, -0.05) is 0 Å². The Kier molecular flexibility index (Phi) is 4.52. The highest BCUT2D eigenvalue weighted by Gasteiger charge is 2.05. The van der Waals surface area contributed by atoms with Gasteiger partial charge in [-0.2, -0.15) is 0 Å². The van der Waals surface area contributed by atoms with E-state index in [9.17, 15) is 4.39 Å². The smallest absolute Gasteiger partial charge is 0.195 e. The molecule has 3 N–H and O–H groups in total. The minimum absolute atomic E-state index is 0.226. The zero-order valence-electron chi connectivity index (χ0n) is 11.2. The summed E-state index contributed by atoms with van der Waals surface area (Å²) in [7, 11) is 1.53. The van der Waals surface area contributed by atoms with E-state index in [1.807, 2.05) is 12.3 Å². The first-order valence-electron chi connectivity index (χ1n) is 5.90. The van der Waals surface area contributed by atoms with Gasteiger partial charge in [-0.3, -0.25) is 0 Å². The summed E-state index contributed by atoms with van der Waals surface area (Å²) in [4.78, 5) is 8.37. The molecule has 0 unspecified atom stereocenters. The average molecular weight is 294 g/mol. The Morgan fingerprint density at radius 3 is 3.00 bits per heavy atom. The lowest BCUT2D eigenvalue weighted by Gasteiger charge is -2.07. The first-order valence-corrected chi connectivity index (χ1v) is 6.78. The molecule has 2 rings (SSSR count). The molecule has 0 aliphatic heterocycles. The minimum atomic E-state index is -0.335. The van der Waals surface area contributed by atoms with Gasteiger partial charge < -0.3 is 15.8 Å². The Bertz CT molecular complexity index is 627. The van der Waals surface area contributed by atoms with Crippen LogP contribution in [0.2, 0.25) is 0 Å². The lowest BCUT2D eigenvalue weighted by atomic mass is 10.2. The number of ether oxygens (including phenoxy) is 1. The van der Waals surface area contributed by atoms with Gasteiger partial charge in [-0.25, -0.2) is 14.4 Å². The first kappa shape index (κ1) is 14.3. The topological polar surface area (TPSA) is 72.5 Å². The van der Waals surface area contributed by atoms with Gasteiger partial charge in [0.05, 0.1) is 19.3 Å². The summed E-state index contributed by atoms with van der Waals surface area (Å²) < 4.78 is 18.3. The number of halogens is 1. The van der Waals surface area contributed by atoms with E-state index in [4.69, 9.17) is 10.5 Å². The zero-order chi connectivity index (χ0) is 14.5. The highest BCUT2D eigenvalue weighted by atomic mass is 32.1. The number of thiazole rings is 1. The predicted octanol–water partition coefficient (Wildman–Crippen LogP) is 2.53. The molecule has 0 saturated heterocycles. The van der Waals surface area contributed by atoms with Crippen molar-refractivity contribution in [2.24, 2.45) is 10.7 Å². The van der Waals surface area contributed by atoms with Crippen LogP contribution in [0.3, 0.4) is 0 Å². The van der Waals surface area contributed by atoms with E-state index < -0.39 is 0 Å². The number of nitrogens with one attached hydrogen (secondary N) is 1. The van der Waals surface area contributed by atoms with Gasteiger partial charge >= 0.3 is 0 Å². The van der Waals surface area contributed by atoms with Crippen LogP contribution < -0.4 is 15.8 Å². The van der Waals surface area contributed by atoms with Crippen LogP contribution in [0.15, 0.2) is 28.6 Å². The third kappa shape index (κ3) is 3.67. The maximum absolute atomic E-state index is 13.2. The summed E-state index contributed by atoms with van der Waals surface area (Å²) in [6.07, 6.45) is 0. The van der Waals surface area contributed by atoms with Crippen molar-refractivity contribution in [1.82, 2.24) is 4.98 Å². The molecule has 0 amide bonds. The molecule has 7 heteroatoms. The number of nitrogens with two attached hydrogens (primary N) is 1. The van der Waals surface area contributed by atoms with E-state index in [1.165, 1.54) is 30.6 Å². The SMILES string of the molecule is COc1ccc(F)cc1CN=C(N)Nc1nc(C)cs1. The predicted molar refractivity (Wildman–Crippen MR) is 78.8 cm³/mol. The largest absolute Gasteiger partial charge is 0.496 e. The molecular weight excluding hydrogens is 279 g/mol.